The van der Waals surface area contributed by atoms with Crippen LogP contribution in [0, 0.1) is 5.92 Å². The van der Waals surface area contributed by atoms with Crippen LogP contribution in [0.5, 0.6) is 11.5 Å². The molecule has 1 aliphatic heterocycles. The van der Waals surface area contributed by atoms with Crippen molar-refractivity contribution in [3.8, 4) is 22.9 Å². The molecule has 1 atom stereocenters. The van der Waals surface area contributed by atoms with Crippen LogP contribution in [0.25, 0.3) is 11.4 Å². The summed E-state index contributed by atoms with van der Waals surface area (Å²) >= 11 is 0. The van der Waals surface area contributed by atoms with E-state index in [0.717, 1.165) is 30.5 Å². The first-order chi connectivity index (χ1) is 15.7. The first-order valence-electron chi connectivity index (χ1n) is 10.6. The van der Waals surface area contributed by atoms with Crippen molar-refractivity contribution in [2.75, 3.05) is 27.3 Å². The van der Waals surface area contributed by atoms with Crippen molar-refractivity contribution in [1.82, 2.24) is 25.3 Å². The Bertz CT molecular complexity index is 1040. The molecule has 4 rings (SSSR count). The van der Waals surface area contributed by atoms with Gasteiger partial charge in [-0.3, -0.25) is 14.7 Å². The monoisotopic (exact) mass is 437 g/mol. The Labute approximate surface area is 186 Å². The second kappa shape index (κ2) is 10.2. The van der Waals surface area contributed by atoms with Crippen molar-refractivity contribution in [2.24, 2.45) is 5.92 Å². The number of pyridine rings is 1. The molecule has 1 aromatic carbocycles. The lowest BCUT2D eigenvalue weighted by atomic mass is 9.97. The molecular weight excluding hydrogens is 410 g/mol. The van der Waals surface area contributed by atoms with Crippen molar-refractivity contribution in [1.29, 1.82) is 0 Å². The van der Waals surface area contributed by atoms with E-state index in [9.17, 15) is 4.79 Å². The van der Waals surface area contributed by atoms with E-state index in [4.69, 9.17) is 14.0 Å². The number of hydrogen-bond donors (Lipinski definition) is 1. The lowest BCUT2D eigenvalue weighted by Crippen LogP contribution is -2.42. The Morgan fingerprint density at radius 1 is 1.25 bits per heavy atom. The van der Waals surface area contributed by atoms with Gasteiger partial charge in [-0.15, -0.1) is 0 Å². The third-order valence-electron chi connectivity index (χ3n) is 5.53. The van der Waals surface area contributed by atoms with Gasteiger partial charge in [0.2, 0.25) is 17.6 Å². The number of hydrogen-bond acceptors (Lipinski definition) is 8. The lowest BCUT2D eigenvalue weighted by molar-refractivity contribution is -0.127. The molecule has 1 aliphatic rings. The van der Waals surface area contributed by atoms with Gasteiger partial charge in [-0.05, 0) is 49.2 Å². The van der Waals surface area contributed by atoms with E-state index in [1.807, 2.05) is 30.3 Å². The molecule has 1 fully saturated rings. The van der Waals surface area contributed by atoms with Crippen molar-refractivity contribution < 1.29 is 18.8 Å². The topological polar surface area (TPSA) is 103 Å². The quantitative estimate of drug-likeness (QED) is 0.574. The van der Waals surface area contributed by atoms with Gasteiger partial charge in [-0.25, -0.2) is 0 Å². The van der Waals surface area contributed by atoms with Crippen LogP contribution in [0.2, 0.25) is 0 Å². The van der Waals surface area contributed by atoms with Gasteiger partial charge >= 0.3 is 0 Å². The standard InChI is InChI=1S/C23H27N5O4/c1-30-19-8-7-17(11-20(19)31-2)22-26-21(32-27-22)15-28-10-4-6-18(14-28)23(29)25-13-16-5-3-9-24-12-16/h3,5,7-9,11-12,18H,4,6,10,13-15H2,1-2H3,(H,25,29)/t18-/m1/s1. The second-order valence-electron chi connectivity index (χ2n) is 7.73. The van der Waals surface area contributed by atoms with Crippen LogP contribution in [0.4, 0.5) is 0 Å². The maximum Gasteiger partial charge on any atom is 0.241 e. The summed E-state index contributed by atoms with van der Waals surface area (Å²) in [5.74, 6) is 2.26. The molecule has 3 heterocycles. The highest BCUT2D eigenvalue weighted by atomic mass is 16.5. The summed E-state index contributed by atoms with van der Waals surface area (Å²) in [6.07, 6.45) is 5.30. The van der Waals surface area contributed by atoms with Crippen LogP contribution in [0.1, 0.15) is 24.3 Å². The fourth-order valence-electron chi connectivity index (χ4n) is 3.85. The number of methoxy groups -OCH3 is 2. The normalized spacial score (nSPS) is 16.5. The molecule has 0 saturated carbocycles. The summed E-state index contributed by atoms with van der Waals surface area (Å²) < 4.78 is 16.1. The zero-order valence-electron chi connectivity index (χ0n) is 18.3. The number of nitrogens with one attached hydrogen (secondary N) is 1. The summed E-state index contributed by atoms with van der Waals surface area (Å²) in [4.78, 5) is 23.4. The highest BCUT2D eigenvalue weighted by Crippen LogP contribution is 2.31. The molecular formula is C23H27N5O4. The molecule has 1 saturated heterocycles. The van der Waals surface area contributed by atoms with E-state index >= 15 is 0 Å². The highest BCUT2D eigenvalue weighted by Gasteiger charge is 2.27. The van der Waals surface area contributed by atoms with Crippen LogP contribution in [0.15, 0.2) is 47.2 Å². The van der Waals surface area contributed by atoms with Gasteiger partial charge in [0.25, 0.3) is 0 Å². The van der Waals surface area contributed by atoms with E-state index in [0.29, 0.717) is 42.8 Å². The minimum Gasteiger partial charge on any atom is -0.493 e. The molecule has 0 bridgehead atoms. The molecule has 0 spiro atoms. The number of nitrogens with zero attached hydrogens (tertiary/aromatic N) is 4. The number of rotatable bonds is 8. The first-order valence-corrected chi connectivity index (χ1v) is 10.6. The van der Waals surface area contributed by atoms with Crippen LogP contribution < -0.4 is 14.8 Å². The molecule has 9 nitrogen and oxygen atoms in total. The minimum atomic E-state index is -0.0614. The Kier molecular flexibility index (Phi) is 6.96. The lowest BCUT2D eigenvalue weighted by Gasteiger charge is -2.30. The fraction of sp³-hybridized carbons (Fsp3) is 0.391. The number of carbonyl (C=O) groups is 1. The van der Waals surface area contributed by atoms with Gasteiger partial charge in [0, 0.05) is 31.0 Å². The summed E-state index contributed by atoms with van der Waals surface area (Å²) in [5.41, 5.74) is 1.77. The van der Waals surface area contributed by atoms with Crippen molar-refractivity contribution in [3.05, 3.63) is 54.2 Å². The molecule has 0 unspecified atom stereocenters. The van der Waals surface area contributed by atoms with E-state index in [-0.39, 0.29) is 11.8 Å². The van der Waals surface area contributed by atoms with Crippen LogP contribution >= 0.6 is 0 Å². The zero-order chi connectivity index (χ0) is 22.3. The van der Waals surface area contributed by atoms with Crippen LogP contribution in [-0.4, -0.2) is 53.2 Å². The highest BCUT2D eigenvalue weighted by molar-refractivity contribution is 5.78. The molecule has 9 heteroatoms. The second-order valence-corrected chi connectivity index (χ2v) is 7.73. The number of ether oxygens (including phenoxy) is 2. The Hall–Kier alpha value is -3.46. The number of likely N-dealkylation sites (tertiary alicyclic amines) is 1. The average Bonchev–Trinajstić information content (AvgIpc) is 3.31. The first kappa shape index (κ1) is 21.8. The SMILES string of the molecule is COc1ccc(-c2noc(CN3CCC[C@@H](C(=O)NCc4cccnc4)C3)n2)cc1OC. The number of aromatic nitrogens is 3. The van der Waals surface area contributed by atoms with Crippen molar-refractivity contribution in [2.45, 2.75) is 25.9 Å². The van der Waals surface area contributed by atoms with E-state index in [2.05, 4.69) is 25.3 Å². The van der Waals surface area contributed by atoms with Crippen molar-refractivity contribution >= 4 is 5.91 Å². The maximum atomic E-state index is 12.6. The molecule has 1 amide bonds. The summed E-state index contributed by atoms with van der Waals surface area (Å²) in [6, 6.07) is 9.30. The minimum absolute atomic E-state index is 0.0614. The molecule has 1 N–H and O–H groups in total. The number of carbonyl (C=O) groups excluding carboxylic acids is 1. The third kappa shape index (κ3) is 5.23. The van der Waals surface area contributed by atoms with E-state index in [1.165, 1.54) is 0 Å². The zero-order valence-corrected chi connectivity index (χ0v) is 18.3. The Morgan fingerprint density at radius 3 is 2.91 bits per heavy atom. The third-order valence-corrected chi connectivity index (χ3v) is 5.53. The molecule has 2 aromatic heterocycles. The van der Waals surface area contributed by atoms with Crippen LogP contribution in [-0.2, 0) is 17.9 Å². The predicted octanol–water partition coefficient (Wildman–Crippen LogP) is 2.68. The fourth-order valence-corrected chi connectivity index (χ4v) is 3.85. The molecule has 0 aliphatic carbocycles. The van der Waals surface area contributed by atoms with Gasteiger partial charge in [-0.1, -0.05) is 11.2 Å². The maximum absolute atomic E-state index is 12.6. The van der Waals surface area contributed by atoms with Gasteiger partial charge in [0.1, 0.15) is 0 Å². The molecule has 3 aromatic rings. The number of benzene rings is 1. The summed E-state index contributed by atoms with van der Waals surface area (Å²) in [7, 11) is 3.18. The van der Waals surface area contributed by atoms with Crippen molar-refractivity contribution in [3.63, 3.8) is 0 Å². The average molecular weight is 438 g/mol. The molecule has 0 radical (unpaired) electrons. The predicted molar refractivity (Wildman–Crippen MR) is 117 cm³/mol. The van der Waals surface area contributed by atoms with Gasteiger partial charge in [0.05, 0.1) is 26.7 Å². The van der Waals surface area contributed by atoms with Gasteiger partial charge in [-0.2, -0.15) is 4.98 Å². The van der Waals surface area contributed by atoms with Gasteiger partial charge < -0.3 is 19.3 Å². The Balaban J connectivity index is 1.34. The number of amides is 1. The smallest absolute Gasteiger partial charge is 0.241 e. The molecule has 168 valence electrons. The number of piperidine rings is 1. The Morgan fingerprint density at radius 2 is 2.12 bits per heavy atom. The van der Waals surface area contributed by atoms with E-state index < -0.39 is 0 Å². The van der Waals surface area contributed by atoms with E-state index in [1.54, 1.807) is 26.6 Å². The molecule has 32 heavy (non-hydrogen) atoms. The largest absolute Gasteiger partial charge is 0.493 e. The summed E-state index contributed by atoms with van der Waals surface area (Å²) in [6.45, 7) is 2.54. The summed E-state index contributed by atoms with van der Waals surface area (Å²) in [5, 5.41) is 7.13. The van der Waals surface area contributed by atoms with Crippen LogP contribution in [0.3, 0.4) is 0 Å². The van der Waals surface area contributed by atoms with Gasteiger partial charge in [0.15, 0.2) is 11.5 Å².